The molecule has 0 aliphatic heterocycles. The third-order valence-electron chi connectivity index (χ3n) is 2.63. The van der Waals surface area contributed by atoms with Crippen LogP contribution < -0.4 is 5.73 Å². The van der Waals surface area contributed by atoms with Crippen LogP contribution in [0.1, 0.15) is 23.9 Å². The van der Waals surface area contributed by atoms with E-state index in [0.29, 0.717) is 11.7 Å². The van der Waals surface area contributed by atoms with Gasteiger partial charge in [0.05, 0.1) is 6.54 Å². The first kappa shape index (κ1) is 10.8. The van der Waals surface area contributed by atoms with E-state index in [1.54, 1.807) is 0 Å². The van der Waals surface area contributed by atoms with Crippen LogP contribution in [0.2, 0.25) is 0 Å². The van der Waals surface area contributed by atoms with Gasteiger partial charge in [-0.25, -0.2) is 0 Å². The lowest BCUT2D eigenvalue weighted by Gasteiger charge is -2.03. The topological polar surface area (TPSA) is 64.9 Å². The number of nitrogens with two attached hydrogens (primary N) is 1. The standard InChI is InChI=1S/C12H15N3O/c1-3-9-6-10(5-4-8(9)2)12-14-11(7-13)16-15-12/h4-6H,3,7,13H2,1-2H3. The molecule has 16 heavy (non-hydrogen) atoms. The van der Waals surface area contributed by atoms with E-state index in [-0.39, 0.29) is 6.54 Å². The Morgan fingerprint density at radius 3 is 2.81 bits per heavy atom. The molecule has 1 heterocycles. The maximum atomic E-state index is 5.43. The maximum absolute atomic E-state index is 5.43. The Morgan fingerprint density at radius 2 is 2.19 bits per heavy atom. The predicted octanol–water partition coefficient (Wildman–Crippen LogP) is 2.07. The van der Waals surface area contributed by atoms with Crippen LogP contribution in [0.5, 0.6) is 0 Å². The minimum atomic E-state index is 0.277. The van der Waals surface area contributed by atoms with Gasteiger partial charge in [-0.15, -0.1) is 0 Å². The van der Waals surface area contributed by atoms with E-state index in [1.165, 1.54) is 11.1 Å². The quantitative estimate of drug-likeness (QED) is 0.854. The Labute approximate surface area is 94.5 Å². The lowest BCUT2D eigenvalue weighted by Crippen LogP contribution is -1.95. The van der Waals surface area contributed by atoms with Crippen molar-refractivity contribution in [3.05, 3.63) is 35.2 Å². The summed E-state index contributed by atoms with van der Waals surface area (Å²) < 4.78 is 4.99. The van der Waals surface area contributed by atoms with Crippen LogP contribution in [-0.4, -0.2) is 10.1 Å². The van der Waals surface area contributed by atoms with Gasteiger partial charge in [0.15, 0.2) is 0 Å². The first-order chi connectivity index (χ1) is 7.74. The SMILES string of the molecule is CCc1cc(-c2noc(CN)n2)ccc1C. The van der Waals surface area contributed by atoms with E-state index in [9.17, 15) is 0 Å². The van der Waals surface area contributed by atoms with Crippen molar-refractivity contribution in [2.24, 2.45) is 5.73 Å². The normalized spacial score (nSPS) is 10.7. The minimum absolute atomic E-state index is 0.277. The fourth-order valence-corrected chi connectivity index (χ4v) is 1.65. The van der Waals surface area contributed by atoms with Crippen LogP contribution in [0.25, 0.3) is 11.4 Å². The van der Waals surface area contributed by atoms with Gasteiger partial charge < -0.3 is 10.3 Å². The molecule has 0 amide bonds. The molecule has 0 bridgehead atoms. The summed E-state index contributed by atoms with van der Waals surface area (Å²) in [7, 11) is 0. The fourth-order valence-electron chi connectivity index (χ4n) is 1.65. The Bertz CT molecular complexity index is 491. The Hall–Kier alpha value is -1.68. The van der Waals surface area contributed by atoms with Crippen molar-refractivity contribution < 1.29 is 4.52 Å². The number of nitrogens with zero attached hydrogens (tertiary/aromatic N) is 2. The summed E-state index contributed by atoms with van der Waals surface area (Å²) in [6, 6.07) is 6.17. The summed E-state index contributed by atoms with van der Waals surface area (Å²) in [6.07, 6.45) is 1.00. The van der Waals surface area contributed by atoms with E-state index in [4.69, 9.17) is 10.3 Å². The molecule has 0 radical (unpaired) electrons. The number of aromatic nitrogens is 2. The molecule has 0 spiro atoms. The van der Waals surface area contributed by atoms with Crippen LogP contribution in [0, 0.1) is 6.92 Å². The average Bonchev–Trinajstić information content (AvgIpc) is 2.78. The van der Waals surface area contributed by atoms with Crippen molar-refractivity contribution in [1.29, 1.82) is 0 Å². The number of hydrogen-bond donors (Lipinski definition) is 1. The third-order valence-corrected chi connectivity index (χ3v) is 2.63. The van der Waals surface area contributed by atoms with Crippen molar-refractivity contribution in [2.75, 3.05) is 0 Å². The Balaban J connectivity index is 2.40. The number of aryl methyl sites for hydroxylation is 2. The van der Waals surface area contributed by atoms with E-state index < -0.39 is 0 Å². The molecule has 2 N–H and O–H groups in total. The fraction of sp³-hybridized carbons (Fsp3) is 0.333. The molecule has 2 rings (SSSR count). The molecule has 84 valence electrons. The van der Waals surface area contributed by atoms with Crippen molar-refractivity contribution in [3.63, 3.8) is 0 Å². The highest BCUT2D eigenvalue weighted by Gasteiger charge is 2.08. The van der Waals surface area contributed by atoms with Crippen LogP contribution in [0.4, 0.5) is 0 Å². The first-order valence-electron chi connectivity index (χ1n) is 5.37. The molecule has 0 unspecified atom stereocenters. The summed E-state index contributed by atoms with van der Waals surface area (Å²) in [5.74, 6) is 1.07. The Morgan fingerprint density at radius 1 is 1.38 bits per heavy atom. The molecule has 0 saturated heterocycles. The summed E-state index contributed by atoms with van der Waals surface area (Å²) in [6.45, 7) is 4.51. The highest BCUT2D eigenvalue weighted by molar-refractivity contribution is 5.56. The van der Waals surface area contributed by atoms with Gasteiger partial charge in [0.2, 0.25) is 11.7 Å². The molecule has 0 saturated carbocycles. The van der Waals surface area contributed by atoms with Gasteiger partial charge in [-0.05, 0) is 30.5 Å². The second-order valence-electron chi connectivity index (χ2n) is 3.71. The summed E-state index contributed by atoms with van der Waals surface area (Å²) >= 11 is 0. The third kappa shape index (κ3) is 1.97. The monoisotopic (exact) mass is 217 g/mol. The van der Waals surface area contributed by atoms with E-state index in [1.807, 2.05) is 6.07 Å². The maximum Gasteiger partial charge on any atom is 0.240 e. The number of rotatable bonds is 3. The number of benzene rings is 1. The predicted molar refractivity (Wildman–Crippen MR) is 61.7 cm³/mol. The highest BCUT2D eigenvalue weighted by atomic mass is 16.5. The smallest absolute Gasteiger partial charge is 0.240 e. The lowest BCUT2D eigenvalue weighted by molar-refractivity contribution is 0.380. The minimum Gasteiger partial charge on any atom is -0.338 e. The van der Waals surface area contributed by atoms with Crippen molar-refractivity contribution in [3.8, 4) is 11.4 Å². The largest absolute Gasteiger partial charge is 0.338 e. The lowest BCUT2D eigenvalue weighted by atomic mass is 10.0. The van der Waals surface area contributed by atoms with Gasteiger partial charge in [-0.2, -0.15) is 4.98 Å². The van der Waals surface area contributed by atoms with E-state index >= 15 is 0 Å². The molecule has 1 aromatic carbocycles. The zero-order valence-electron chi connectivity index (χ0n) is 9.53. The molecule has 0 fully saturated rings. The Kier molecular flexibility index (Phi) is 3.01. The van der Waals surface area contributed by atoms with E-state index in [2.05, 4.69) is 36.1 Å². The molecular weight excluding hydrogens is 202 g/mol. The zero-order chi connectivity index (χ0) is 11.5. The highest BCUT2D eigenvalue weighted by Crippen LogP contribution is 2.20. The molecule has 4 nitrogen and oxygen atoms in total. The van der Waals surface area contributed by atoms with Crippen molar-refractivity contribution in [1.82, 2.24) is 10.1 Å². The van der Waals surface area contributed by atoms with Gasteiger partial charge in [-0.3, -0.25) is 0 Å². The van der Waals surface area contributed by atoms with Crippen molar-refractivity contribution >= 4 is 0 Å². The van der Waals surface area contributed by atoms with Crippen LogP contribution in [0.3, 0.4) is 0 Å². The van der Waals surface area contributed by atoms with Gasteiger partial charge >= 0.3 is 0 Å². The summed E-state index contributed by atoms with van der Waals surface area (Å²) in [5, 5.41) is 3.90. The average molecular weight is 217 g/mol. The van der Waals surface area contributed by atoms with Crippen LogP contribution in [0.15, 0.2) is 22.7 Å². The molecule has 4 heteroatoms. The van der Waals surface area contributed by atoms with Crippen LogP contribution in [-0.2, 0) is 13.0 Å². The molecule has 0 aliphatic rings. The van der Waals surface area contributed by atoms with Crippen molar-refractivity contribution in [2.45, 2.75) is 26.8 Å². The number of hydrogen-bond acceptors (Lipinski definition) is 4. The van der Waals surface area contributed by atoms with Gasteiger partial charge in [0.25, 0.3) is 0 Å². The molecule has 2 aromatic rings. The van der Waals surface area contributed by atoms with E-state index in [0.717, 1.165) is 12.0 Å². The van der Waals surface area contributed by atoms with Gasteiger partial charge in [-0.1, -0.05) is 24.2 Å². The van der Waals surface area contributed by atoms with Gasteiger partial charge in [0.1, 0.15) is 0 Å². The van der Waals surface area contributed by atoms with Gasteiger partial charge in [0, 0.05) is 5.56 Å². The summed E-state index contributed by atoms with van der Waals surface area (Å²) in [4.78, 5) is 4.20. The molecule has 1 aromatic heterocycles. The molecule has 0 atom stereocenters. The first-order valence-corrected chi connectivity index (χ1v) is 5.37. The zero-order valence-corrected chi connectivity index (χ0v) is 9.53. The second-order valence-corrected chi connectivity index (χ2v) is 3.71. The molecular formula is C12H15N3O. The van der Waals surface area contributed by atoms with Crippen LogP contribution >= 0.6 is 0 Å². The summed E-state index contributed by atoms with van der Waals surface area (Å²) in [5.41, 5.74) is 8.99. The molecule has 0 aliphatic carbocycles. The second kappa shape index (κ2) is 4.45.